The smallest absolute Gasteiger partial charge is 0.243 e. The quantitative estimate of drug-likeness (QED) is 0.533. The Hall–Kier alpha value is -2.46. The zero-order valence-electron chi connectivity index (χ0n) is 18.9. The topological polar surface area (TPSA) is 88.6 Å². The van der Waals surface area contributed by atoms with Crippen LogP contribution < -0.4 is 5.32 Å². The highest BCUT2D eigenvalue weighted by Crippen LogP contribution is 2.28. The SMILES string of the molecule is Cc1cccc(C)c1NC(=O)CSc1cc(C)c2cc(S(=O)(=O)N3CCOCC3)ccc2n1. The van der Waals surface area contributed by atoms with Gasteiger partial charge in [-0.2, -0.15) is 4.31 Å². The molecular weight excluding hydrogens is 458 g/mol. The number of amides is 1. The summed E-state index contributed by atoms with van der Waals surface area (Å²) in [6.45, 7) is 7.40. The molecule has 9 heteroatoms. The lowest BCUT2D eigenvalue weighted by Crippen LogP contribution is -2.40. The Morgan fingerprint density at radius 1 is 1.06 bits per heavy atom. The summed E-state index contributed by atoms with van der Waals surface area (Å²) in [5, 5.41) is 4.50. The molecule has 2 heterocycles. The van der Waals surface area contributed by atoms with Crippen LogP contribution in [0.4, 0.5) is 5.69 Å². The van der Waals surface area contributed by atoms with E-state index in [4.69, 9.17) is 4.74 Å². The summed E-state index contributed by atoms with van der Waals surface area (Å²) in [5.41, 5.74) is 4.51. The minimum Gasteiger partial charge on any atom is -0.379 e. The van der Waals surface area contributed by atoms with Crippen LogP contribution in [0.5, 0.6) is 0 Å². The van der Waals surface area contributed by atoms with E-state index in [1.807, 2.05) is 45.0 Å². The van der Waals surface area contributed by atoms with Gasteiger partial charge in [-0.15, -0.1) is 0 Å². The van der Waals surface area contributed by atoms with E-state index >= 15 is 0 Å². The second-order valence-electron chi connectivity index (χ2n) is 8.08. The highest BCUT2D eigenvalue weighted by atomic mass is 32.2. The lowest BCUT2D eigenvalue weighted by Gasteiger charge is -2.26. The number of ether oxygens (including phenoxy) is 1. The van der Waals surface area contributed by atoms with Crippen LogP contribution in [-0.2, 0) is 19.6 Å². The number of carbonyl (C=O) groups is 1. The fraction of sp³-hybridized carbons (Fsp3) is 0.333. The Labute approximate surface area is 198 Å². The van der Waals surface area contributed by atoms with E-state index in [1.54, 1.807) is 18.2 Å². The van der Waals surface area contributed by atoms with Crippen molar-refractivity contribution < 1.29 is 17.9 Å². The summed E-state index contributed by atoms with van der Waals surface area (Å²) in [4.78, 5) is 17.4. The molecule has 0 atom stereocenters. The zero-order chi connectivity index (χ0) is 23.6. The third kappa shape index (κ3) is 5.22. The first kappa shape index (κ1) is 23.7. The molecule has 4 rings (SSSR count). The predicted molar refractivity (Wildman–Crippen MR) is 131 cm³/mol. The third-order valence-corrected chi connectivity index (χ3v) is 8.47. The Kier molecular flexibility index (Phi) is 7.04. The van der Waals surface area contributed by atoms with E-state index in [0.29, 0.717) is 31.8 Å². The number of aromatic nitrogens is 1. The standard InChI is InChI=1S/C24H27N3O4S2/c1-16-5-4-6-17(2)24(16)26-22(28)15-32-23-13-18(3)20-14-19(7-8-21(20)25-23)33(29,30)27-9-11-31-12-10-27/h4-8,13-14H,9-12,15H2,1-3H3,(H,26,28). The minimum atomic E-state index is -3.57. The number of sulfonamides is 1. The number of fused-ring (bicyclic) bond motifs is 1. The van der Waals surface area contributed by atoms with Gasteiger partial charge in [0, 0.05) is 24.2 Å². The van der Waals surface area contributed by atoms with E-state index in [9.17, 15) is 13.2 Å². The Balaban J connectivity index is 1.50. The van der Waals surface area contributed by atoms with Crippen LogP contribution in [0.25, 0.3) is 10.9 Å². The number of anilines is 1. The lowest BCUT2D eigenvalue weighted by atomic mass is 10.1. The number of rotatable bonds is 6. The number of pyridine rings is 1. The van der Waals surface area contributed by atoms with Gasteiger partial charge in [-0.05, 0) is 61.7 Å². The van der Waals surface area contributed by atoms with Crippen molar-refractivity contribution in [3.8, 4) is 0 Å². The molecule has 0 radical (unpaired) electrons. The summed E-state index contributed by atoms with van der Waals surface area (Å²) >= 11 is 1.36. The van der Waals surface area contributed by atoms with Crippen LogP contribution in [-0.4, -0.2) is 55.7 Å². The maximum absolute atomic E-state index is 13.0. The Morgan fingerprint density at radius 2 is 1.76 bits per heavy atom. The fourth-order valence-electron chi connectivity index (χ4n) is 3.84. The van der Waals surface area contributed by atoms with E-state index in [0.717, 1.165) is 32.8 Å². The number of hydrogen-bond donors (Lipinski definition) is 1. The molecule has 0 spiro atoms. The summed E-state index contributed by atoms with van der Waals surface area (Å²) < 4.78 is 32.7. The Bertz CT molecular complexity index is 1280. The van der Waals surface area contributed by atoms with Crippen molar-refractivity contribution in [3.05, 3.63) is 59.2 Å². The van der Waals surface area contributed by atoms with Crippen molar-refractivity contribution in [2.45, 2.75) is 30.7 Å². The minimum absolute atomic E-state index is 0.0936. The second kappa shape index (κ2) is 9.80. The van der Waals surface area contributed by atoms with Gasteiger partial charge in [0.05, 0.1) is 34.4 Å². The molecule has 174 valence electrons. The number of para-hydroxylation sites is 1. The number of aryl methyl sites for hydroxylation is 3. The van der Waals surface area contributed by atoms with Gasteiger partial charge in [0.2, 0.25) is 15.9 Å². The first-order valence-electron chi connectivity index (χ1n) is 10.7. The molecule has 1 saturated heterocycles. The normalized spacial score (nSPS) is 15.0. The molecule has 0 aliphatic carbocycles. The molecule has 0 unspecified atom stereocenters. The molecular formula is C24H27N3O4S2. The summed E-state index contributed by atoms with van der Waals surface area (Å²) in [7, 11) is -3.57. The first-order chi connectivity index (χ1) is 15.8. The zero-order valence-corrected chi connectivity index (χ0v) is 20.6. The van der Waals surface area contributed by atoms with Crippen molar-refractivity contribution in [3.63, 3.8) is 0 Å². The van der Waals surface area contributed by atoms with E-state index < -0.39 is 10.0 Å². The molecule has 1 aliphatic heterocycles. The third-order valence-electron chi connectivity index (χ3n) is 5.67. The monoisotopic (exact) mass is 485 g/mol. The van der Waals surface area contributed by atoms with Crippen LogP contribution in [0.1, 0.15) is 16.7 Å². The maximum Gasteiger partial charge on any atom is 0.243 e. The van der Waals surface area contributed by atoms with Gasteiger partial charge in [-0.3, -0.25) is 4.79 Å². The van der Waals surface area contributed by atoms with Gasteiger partial charge >= 0.3 is 0 Å². The molecule has 1 aromatic heterocycles. The summed E-state index contributed by atoms with van der Waals surface area (Å²) in [6.07, 6.45) is 0. The second-order valence-corrected chi connectivity index (χ2v) is 11.0. The summed E-state index contributed by atoms with van der Waals surface area (Å²) in [5.74, 6) is 0.138. The van der Waals surface area contributed by atoms with Crippen LogP contribution in [0.2, 0.25) is 0 Å². The van der Waals surface area contributed by atoms with Gasteiger partial charge < -0.3 is 10.1 Å². The number of thioether (sulfide) groups is 1. The van der Waals surface area contributed by atoms with Gasteiger partial charge in [-0.25, -0.2) is 13.4 Å². The van der Waals surface area contributed by atoms with Crippen LogP contribution in [0, 0.1) is 20.8 Å². The van der Waals surface area contributed by atoms with Crippen molar-refractivity contribution in [2.24, 2.45) is 0 Å². The first-order valence-corrected chi connectivity index (χ1v) is 13.2. The number of nitrogens with zero attached hydrogens (tertiary/aromatic N) is 2. The summed E-state index contributed by atoms with van der Waals surface area (Å²) in [6, 6.07) is 12.8. The average molecular weight is 486 g/mol. The molecule has 1 N–H and O–H groups in total. The molecule has 0 bridgehead atoms. The predicted octanol–water partition coefficient (Wildman–Crippen LogP) is 3.91. The van der Waals surface area contributed by atoms with Gasteiger partial charge in [0.15, 0.2) is 0 Å². The number of nitrogens with one attached hydrogen (secondary N) is 1. The van der Waals surface area contributed by atoms with Gasteiger partial charge in [0.1, 0.15) is 0 Å². The van der Waals surface area contributed by atoms with Crippen LogP contribution in [0.3, 0.4) is 0 Å². The molecule has 1 fully saturated rings. The van der Waals surface area contributed by atoms with E-state index in [2.05, 4.69) is 10.3 Å². The van der Waals surface area contributed by atoms with Crippen molar-refractivity contribution in [1.29, 1.82) is 0 Å². The average Bonchev–Trinajstić information content (AvgIpc) is 2.80. The van der Waals surface area contributed by atoms with Gasteiger partial charge in [-0.1, -0.05) is 30.0 Å². The van der Waals surface area contributed by atoms with Gasteiger partial charge in [0.25, 0.3) is 0 Å². The highest BCUT2D eigenvalue weighted by molar-refractivity contribution is 7.99. The fourth-order valence-corrected chi connectivity index (χ4v) is 6.05. The molecule has 1 amide bonds. The van der Waals surface area contributed by atoms with Crippen LogP contribution >= 0.6 is 11.8 Å². The Morgan fingerprint density at radius 3 is 2.45 bits per heavy atom. The lowest BCUT2D eigenvalue weighted by molar-refractivity contribution is -0.113. The molecule has 1 aliphatic rings. The van der Waals surface area contributed by atoms with Crippen molar-refractivity contribution in [1.82, 2.24) is 9.29 Å². The van der Waals surface area contributed by atoms with Crippen molar-refractivity contribution >= 4 is 44.3 Å². The van der Waals surface area contributed by atoms with Crippen LogP contribution in [0.15, 0.2) is 52.4 Å². The van der Waals surface area contributed by atoms with E-state index in [-0.39, 0.29) is 16.6 Å². The number of morpholine rings is 1. The molecule has 2 aromatic carbocycles. The molecule has 7 nitrogen and oxygen atoms in total. The highest BCUT2D eigenvalue weighted by Gasteiger charge is 2.26. The number of benzene rings is 2. The van der Waals surface area contributed by atoms with E-state index in [1.165, 1.54) is 16.1 Å². The number of hydrogen-bond acceptors (Lipinski definition) is 6. The van der Waals surface area contributed by atoms with Crippen molar-refractivity contribution in [2.75, 3.05) is 37.4 Å². The molecule has 0 saturated carbocycles. The number of carbonyl (C=O) groups excluding carboxylic acids is 1. The maximum atomic E-state index is 13.0. The molecule has 3 aromatic rings. The largest absolute Gasteiger partial charge is 0.379 e. The molecule has 33 heavy (non-hydrogen) atoms.